The van der Waals surface area contributed by atoms with Crippen molar-refractivity contribution in [2.24, 2.45) is 5.92 Å². The van der Waals surface area contributed by atoms with Crippen molar-refractivity contribution >= 4 is 22.0 Å². The summed E-state index contributed by atoms with van der Waals surface area (Å²) in [5, 5.41) is 9.06. The van der Waals surface area contributed by atoms with E-state index < -0.39 is 27.9 Å². The highest BCUT2D eigenvalue weighted by atomic mass is 32.2. The van der Waals surface area contributed by atoms with Crippen molar-refractivity contribution in [1.82, 2.24) is 4.31 Å². The summed E-state index contributed by atoms with van der Waals surface area (Å²) in [5.74, 6) is -2.53. The topological polar surface area (TPSA) is 101 Å². The Morgan fingerprint density at radius 1 is 1.33 bits per heavy atom. The average molecular weight is 315 g/mol. The average Bonchev–Trinajstić information content (AvgIpc) is 2.45. The molecule has 0 saturated carbocycles. The minimum atomic E-state index is -4.01. The van der Waals surface area contributed by atoms with Gasteiger partial charge in [-0.25, -0.2) is 17.5 Å². The molecule has 1 aromatic carbocycles. The zero-order chi connectivity index (χ0) is 16.2. The van der Waals surface area contributed by atoms with Crippen LogP contribution in [0.25, 0.3) is 0 Å². The van der Waals surface area contributed by atoms with E-state index in [2.05, 4.69) is 4.74 Å². The summed E-state index contributed by atoms with van der Waals surface area (Å²) in [4.78, 5) is 22.2. The highest BCUT2D eigenvalue weighted by Gasteiger charge is 2.28. The molecule has 0 amide bonds. The molecule has 0 heterocycles. The van der Waals surface area contributed by atoms with Crippen LogP contribution >= 0.6 is 0 Å². The van der Waals surface area contributed by atoms with Crippen LogP contribution in [-0.2, 0) is 19.6 Å². The Morgan fingerprint density at radius 3 is 2.43 bits per heavy atom. The highest BCUT2D eigenvalue weighted by molar-refractivity contribution is 7.89. The SMILES string of the molecule is COC(=O)C(C)CN(C)S(=O)(=O)c1ccccc1C(=O)O. The van der Waals surface area contributed by atoms with Gasteiger partial charge in [0.25, 0.3) is 0 Å². The summed E-state index contributed by atoms with van der Waals surface area (Å²) in [6.07, 6.45) is 0. The summed E-state index contributed by atoms with van der Waals surface area (Å²) in [7, 11) is -1.51. The molecule has 1 N–H and O–H groups in total. The number of methoxy groups -OCH3 is 1. The zero-order valence-corrected chi connectivity index (χ0v) is 12.8. The Hall–Kier alpha value is -1.93. The first-order chi connectivity index (χ1) is 9.71. The van der Waals surface area contributed by atoms with Crippen molar-refractivity contribution in [2.45, 2.75) is 11.8 Å². The van der Waals surface area contributed by atoms with Crippen LogP contribution in [0, 0.1) is 5.92 Å². The van der Waals surface area contributed by atoms with Gasteiger partial charge in [0.15, 0.2) is 0 Å². The van der Waals surface area contributed by atoms with Gasteiger partial charge < -0.3 is 9.84 Å². The standard InChI is InChI=1S/C13H17NO6S/c1-9(13(17)20-3)8-14(2)21(18,19)11-7-5-4-6-10(11)12(15)16/h4-7,9H,8H2,1-3H3,(H,15,16). The van der Waals surface area contributed by atoms with Crippen LogP contribution in [0.5, 0.6) is 0 Å². The Morgan fingerprint density at radius 2 is 1.90 bits per heavy atom. The lowest BCUT2D eigenvalue weighted by Gasteiger charge is -2.20. The summed E-state index contributed by atoms with van der Waals surface area (Å²) >= 11 is 0. The van der Waals surface area contributed by atoms with Crippen molar-refractivity contribution < 1.29 is 27.9 Å². The molecule has 116 valence electrons. The smallest absolute Gasteiger partial charge is 0.337 e. The third kappa shape index (κ3) is 3.79. The first-order valence-corrected chi connectivity index (χ1v) is 7.52. The molecule has 0 radical (unpaired) electrons. The number of carbonyl (C=O) groups is 2. The number of esters is 1. The van der Waals surface area contributed by atoms with Gasteiger partial charge in [-0.05, 0) is 12.1 Å². The maximum Gasteiger partial charge on any atom is 0.337 e. The molecule has 7 nitrogen and oxygen atoms in total. The van der Waals surface area contributed by atoms with Crippen molar-refractivity contribution in [3.63, 3.8) is 0 Å². The molecule has 8 heteroatoms. The van der Waals surface area contributed by atoms with Gasteiger partial charge in [0, 0.05) is 13.6 Å². The molecule has 1 atom stereocenters. The molecule has 0 aliphatic rings. The number of benzene rings is 1. The van der Waals surface area contributed by atoms with Gasteiger partial charge in [0.1, 0.15) is 0 Å². The molecular weight excluding hydrogens is 298 g/mol. The van der Waals surface area contributed by atoms with Gasteiger partial charge in [-0.2, -0.15) is 0 Å². The molecule has 1 unspecified atom stereocenters. The predicted octanol–water partition coefficient (Wildman–Crippen LogP) is 0.814. The van der Waals surface area contributed by atoms with Crippen LogP contribution in [0.1, 0.15) is 17.3 Å². The first kappa shape index (κ1) is 17.1. The van der Waals surface area contributed by atoms with Gasteiger partial charge in [-0.15, -0.1) is 0 Å². The van der Waals surface area contributed by atoms with Crippen molar-refractivity contribution in [1.29, 1.82) is 0 Å². The molecule has 0 aromatic heterocycles. The fraction of sp³-hybridized carbons (Fsp3) is 0.385. The number of carbonyl (C=O) groups excluding carboxylic acids is 1. The number of carboxylic acids is 1. The highest BCUT2D eigenvalue weighted by Crippen LogP contribution is 2.20. The van der Waals surface area contributed by atoms with E-state index in [-0.39, 0.29) is 17.0 Å². The van der Waals surface area contributed by atoms with Crippen LogP contribution in [0.15, 0.2) is 29.2 Å². The van der Waals surface area contributed by atoms with Crippen LogP contribution in [-0.4, -0.2) is 50.5 Å². The summed E-state index contributed by atoms with van der Waals surface area (Å²) in [6.45, 7) is 1.42. The van der Waals surface area contributed by atoms with Gasteiger partial charge in [-0.1, -0.05) is 19.1 Å². The Bertz CT molecular complexity index is 640. The second-order valence-corrected chi connectivity index (χ2v) is 6.52. The number of carboxylic acid groups (broad SMARTS) is 1. The Labute approximate surface area is 123 Å². The monoisotopic (exact) mass is 315 g/mol. The lowest BCUT2D eigenvalue weighted by Crippen LogP contribution is -2.34. The lowest BCUT2D eigenvalue weighted by atomic mass is 10.2. The molecule has 21 heavy (non-hydrogen) atoms. The third-order valence-corrected chi connectivity index (χ3v) is 4.82. The summed E-state index contributed by atoms with van der Waals surface area (Å²) in [6, 6.07) is 5.32. The van der Waals surface area contributed by atoms with E-state index in [9.17, 15) is 18.0 Å². The molecule has 0 saturated heterocycles. The maximum absolute atomic E-state index is 12.4. The molecule has 0 spiro atoms. The number of hydrogen-bond donors (Lipinski definition) is 1. The van der Waals surface area contributed by atoms with Crippen LogP contribution in [0.4, 0.5) is 0 Å². The Kier molecular flexibility index (Phi) is 5.45. The van der Waals surface area contributed by atoms with Crippen LogP contribution in [0.2, 0.25) is 0 Å². The number of rotatable bonds is 6. The number of ether oxygens (including phenoxy) is 1. The van der Waals surface area contributed by atoms with E-state index >= 15 is 0 Å². The molecule has 0 fully saturated rings. The number of nitrogens with zero attached hydrogens (tertiary/aromatic N) is 1. The largest absolute Gasteiger partial charge is 0.478 e. The molecule has 1 aromatic rings. The minimum Gasteiger partial charge on any atom is -0.478 e. The molecule has 0 bridgehead atoms. The second kappa shape index (κ2) is 6.68. The van der Waals surface area contributed by atoms with E-state index in [4.69, 9.17) is 5.11 Å². The number of sulfonamides is 1. The predicted molar refractivity (Wildman–Crippen MR) is 74.4 cm³/mol. The lowest BCUT2D eigenvalue weighted by molar-refractivity contribution is -0.144. The third-order valence-electron chi connectivity index (χ3n) is 2.94. The van der Waals surface area contributed by atoms with Gasteiger partial charge in [-0.3, -0.25) is 4.79 Å². The van der Waals surface area contributed by atoms with Gasteiger partial charge >= 0.3 is 11.9 Å². The minimum absolute atomic E-state index is 0.108. The van der Waals surface area contributed by atoms with E-state index in [1.54, 1.807) is 0 Å². The van der Waals surface area contributed by atoms with Crippen LogP contribution < -0.4 is 0 Å². The van der Waals surface area contributed by atoms with Gasteiger partial charge in [0.2, 0.25) is 10.0 Å². The summed E-state index contributed by atoms with van der Waals surface area (Å²) in [5.41, 5.74) is -0.310. The molecule has 0 aliphatic carbocycles. The first-order valence-electron chi connectivity index (χ1n) is 6.08. The fourth-order valence-corrected chi connectivity index (χ4v) is 3.24. The maximum atomic E-state index is 12.4. The van der Waals surface area contributed by atoms with Crippen LogP contribution in [0.3, 0.4) is 0 Å². The number of hydrogen-bond acceptors (Lipinski definition) is 5. The second-order valence-electron chi connectivity index (χ2n) is 4.51. The molecular formula is C13H17NO6S. The van der Waals surface area contributed by atoms with E-state index in [0.717, 1.165) is 4.31 Å². The fourth-order valence-electron chi connectivity index (χ4n) is 1.80. The van der Waals surface area contributed by atoms with Crippen molar-refractivity contribution in [3.05, 3.63) is 29.8 Å². The van der Waals surface area contributed by atoms with Crippen molar-refractivity contribution in [2.75, 3.05) is 20.7 Å². The van der Waals surface area contributed by atoms with E-state index in [1.807, 2.05) is 0 Å². The zero-order valence-electron chi connectivity index (χ0n) is 11.9. The summed E-state index contributed by atoms with van der Waals surface area (Å²) < 4.78 is 30.3. The van der Waals surface area contributed by atoms with Gasteiger partial charge in [0.05, 0.1) is 23.5 Å². The van der Waals surface area contributed by atoms with Crippen molar-refractivity contribution in [3.8, 4) is 0 Å². The number of aromatic carboxylic acids is 1. The molecule has 0 aliphatic heterocycles. The van der Waals surface area contributed by atoms with E-state index in [1.165, 1.54) is 45.3 Å². The normalized spacial score (nSPS) is 13.0. The quantitative estimate of drug-likeness (QED) is 0.780. The Balaban J connectivity index is 3.12. The molecule has 1 rings (SSSR count). The van der Waals surface area contributed by atoms with E-state index in [0.29, 0.717) is 0 Å².